The van der Waals surface area contributed by atoms with Crippen LogP contribution in [0.2, 0.25) is 0 Å². The topological polar surface area (TPSA) is 53.1 Å². The maximum atomic E-state index is 12.9. The van der Waals surface area contributed by atoms with E-state index in [-0.39, 0.29) is 18.4 Å². The van der Waals surface area contributed by atoms with E-state index in [2.05, 4.69) is 11.8 Å². The SMILES string of the molecule is CCN1CCN(C(=O)c2cccc(CN3C(=O)COc4cc(C)ccc43)c2)CC1. The van der Waals surface area contributed by atoms with Gasteiger partial charge in [0.05, 0.1) is 12.2 Å². The van der Waals surface area contributed by atoms with Gasteiger partial charge in [-0.05, 0) is 48.9 Å². The molecular formula is C23H27N3O3. The molecule has 0 spiro atoms. The van der Waals surface area contributed by atoms with Crippen molar-refractivity contribution in [3.63, 3.8) is 0 Å². The van der Waals surface area contributed by atoms with Crippen LogP contribution in [0.4, 0.5) is 5.69 Å². The van der Waals surface area contributed by atoms with Crippen LogP contribution in [0.1, 0.15) is 28.4 Å². The van der Waals surface area contributed by atoms with E-state index in [1.807, 2.05) is 54.3 Å². The van der Waals surface area contributed by atoms with Gasteiger partial charge in [0.2, 0.25) is 0 Å². The summed E-state index contributed by atoms with van der Waals surface area (Å²) in [4.78, 5) is 31.4. The van der Waals surface area contributed by atoms with E-state index in [1.165, 1.54) is 0 Å². The van der Waals surface area contributed by atoms with Crippen molar-refractivity contribution in [2.24, 2.45) is 0 Å². The predicted octanol–water partition coefficient (Wildman–Crippen LogP) is 2.70. The van der Waals surface area contributed by atoms with Gasteiger partial charge >= 0.3 is 0 Å². The minimum atomic E-state index is -0.0752. The maximum Gasteiger partial charge on any atom is 0.265 e. The highest BCUT2D eigenvalue weighted by atomic mass is 16.5. The molecule has 0 atom stereocenters. The Bertz CT molecular complexity index is 919. The molecule has 6 heteroatoms. The van der Waals surface area contributed by atoms with Gasteiger partial charge in [0, 0.05) is 31.7 Å². The van der Waals surface area contributed by atoms with E-state index in [9.17, 15) is 9.59 Å². The molecule has 29 heavy (non-hydrogen) atoms. The summed E-state index contributed by atoms with van der Waals surface area (Å²) in [5, 5.41) is 0. The zero-order valence-electron chi connectivity index (χ0n) is 17.1. The molecule has 0 N–H and O–H groups in total. The number of carbonyl (C=O) groups is 2. The number of hydrogen-bond acceptors (Lipinski definition) is 4. The quantitative estimate of drug-likeness (QED) is 0.802. The minimum absolute atomic E-state index is 0.0385. The summed E-state index contributed by atoms with van der Waals surface area (Å²) < 4.78 is 5.59. The van der Waals surface area contributed by atoms with Crippen molar-refractivity contribution in [2.75, 3.05) is 44.2 Å². The monoisotopic (exact) mass is 393 g/mol. The van der Waals surface area contributed by atoms with Gasteiger partial charge in [0.1, 0.15) is 5.75 Å². The van der Waals surface area contributed by atoms with E-state index >= 15 is 0 Å². The van der Waals surface area contributed by atoms with Gasteiger partial charge in [-0.3, -0.25) is 9.59 Å². The lowest BCUT2D eigenvalue weighted by molar-refractivity contribution is -0.121. The van der Waals surface area contributed by atoms with Gasteiger partial charge in [-0.15, -0.1) is 0 Å². The zero-order valence-corrected chi connectivity index (χ0v) is 17.1. The van der Waals surface area contributed by atoms with Crippen molar-refractivity contribution in [3.05, 3.63) is 59.2 Å². The second kappa shape index (κ2) is 8.25. The van der Waals surface area contributed by atoms with Gasteiger partial charge < -0.3 is 19.4 Å². The first-order valence-corrected chi connectivity index (χ1v) is 10.2. The molecule has 0 saturated carbocycles. The van der Waals surface area contributed by atoms with Crippen LogP contribution in [0.3, 0.4) is 0 Å². The smallest absolute Gasteiger partial charge is 0.265 e. The number of fused-ring (bicyclic) bond motifs is 1. The third-order valence-electron chi connectivity index (χ3n) is 5.68. The lowest BCUT2D eigenvalue weighted by Gasteiger charge is -2.34. The average molecular weight is 393 g/mol. The molecule has 2 heterocycles. The zero-order chi connectivity index (χ0) is 20.4. The first-order valence-electron chi connectivity index (χ1n) is 10.2. The molecule has 2 aromatic rings. The van der Waals surface area contributed by atoms with Crippen LogP contribution in [-0.2, 0) is 11.3 Å². The summed E-state index contributed by atoms with van der Waals surface area (Å²) in [6.45, 7) is 8.97. The maximum absolute atomic E-state index is 12.9. The molecule has 0 aromatic heterocycles. The molecule has 0 radical (unpaired) electrons. The molecule has 1 fully saturated rings. The van der Waals surface area contributed by atoms with Crippen LogP contribution < -0.4 is 9.64 Å². The lowest BCUT2D eigenvalue weighted by atomic mass is 10.1. The molecule has 2 aliphatic heterocycles. The number of benzene rings is 2. The predicted molar refractivity (Wildman–Crippen MR) is 112 cm³/mol. The Morgan fingerprint density at radius 2 is 1.86 bits per heavy atom. The van der Waals surface area contributed by atoms with E-state index < -0.39 is 0 Å². The molecular weight excluding hydrogens is 366 g/mol. The van der Waals surface area contributed by atoms with Crippen molar-refractivity contribution >= 4 is 17.5 Å². The van der Waals surface area contributed by atoms with Crippen molar-refractivity contribution in [1.29, 1.82) is 0 Å². The Kier molecular flexibility index (Phi) is 5.53. The van der Waals surface area contributed by atoms with Crippen LogP contribution in [0.15, 0.2) is 42.5 Å². The number of piperazine rings is 1. The Hall–Kier alpha value is -2.86. The molecule has 6 nitrogen and oxygen atoms in total. The minimum Gasteiger partial charge on any atom is -0.482 e. The summed E-state index contributed by atoms with van der Waals surface area (Å²) in [7, 11) is 0. The molecule has 1 saturated heterocycles. The summed E-state index contributed by atoms with van der Waals surface area (Å²) >= 11 is 0. The van der Waals surface area contributed by atoms with Crippen LogP contribution in [0.5, 0.6) is 5.75 Å². The van der Waals surface area contributed by atoms with Gasteiger partial charge in [-0.2, -0.15) is 0 Å². The van der Waals surface area contributed by atoms with Crippen molar-refractivity contribution < 1.29 is 14.3 Å². The number of aryl methyl sites for hydroxylation is 1. The highest BCUT2D eigenvalue weighted by Crippen LogP contribution is 2.33. The number of carbonyl (C=O) groups excluding carboxylic acids is 2. The van der Waals surface area contributed by atoms with Crippen LogP contribution >= 0.6 is 0 Å². The second-order valence-corrected chi connectivity index (χ2v) is 7.67. The number of ether oxygens (including phenoxy) is 1. The number of rotatable bonds is 4. The van der Waals surface area contributed by atoms with Gasteiger partial charge in [-0.25, -0.2) is 0 Å². The average Bonchev–Trinajstić information content (AvgIpc) is 2.75. The normalized spacial score (nSPS) is 17.1. The van der Waals surface area contributed by atoms with E-state index in [4.69, 9.17) is 4.74 Å². The highest BCUT2D eigenvalue weighted by molar-refractivity contribution is 5.98. The largest absolute Gasteiger partial charge is 0.482 e. The summed E-state index contributed by atoms with van der Waals surface area (Å²) in [6.07, 6.45) is 0. The number of likely N-dealkylation sites (N-methyl/N-ethyl adjacent to an activating group) is 1. The molecule has 2 aromatic carbocycles. The molecule has 2 amide bonds. The third-order valence-corrected chi connectivity index (χ3v) is 5.68. The third kappa shape index (κ3) is 4.12. The molecule has 4 rings (SSSR count). The van der Waals surface area contributed by atoms with Crippen LogP contribution in [0.25, 0.3) is 0 Å². The molecule has 0 unspecified atom stereocenters. The van der Waals surface area contributed by atoms with E-state index in [1.54, 1.807) is 4.90 Å². The second-order valence-electron chi connectivity index (χ2n) is 7.67. The number of amides is 2. The number of hydrogen-bond donors (Lipinski definition) is 0. The number of anilines is 1. The van der Waals surface area contributed by atoms with E-state index in [0.29, 0.717) is 12.1 Å². The van der Waals surface area contributed by atoms with E-state index in [0.717, 1.165) is 55.3 Å². The Morgan fingerprint density at radius 3 is 2.62 bits per heavy atom. The van der Waals surface area contributed by atoms with Crippen LogP contribution in [0, 0.1) is 6.92 Å². The van der Waals surface area contributed by atoms with Gasteiger partial charge in [-0.1, -0.05) is 25.1 Å². The molecule has 152 valence electrons. The van der Waals surface area contributed by atoms with Crippen molar-refractivity contribution in [2.45, 2.75) is 20.4 Å². The first kappa shape index (κ1) is 19.5. The fraction of sp³-hybridized carbons (Fsp3) is 0.391. The Labute approximate surface area is 171 Å². The van der Waals surface area contributed by atoms with Gasteiger partial charge in [0.25, 0.3) is 11.8 Å². The standard InChI is InChI=1S/C23H27N3O3/c1-3-24-9-11-25(12-10-24)23(28)19-6-4-5-18(14-19)15-26-20-8-7-17(2)13-21(20)29-16-22(26)27/h4-8,13-14H,3,9-12,15-16H2,1-2H3. The lowest BCUT2D eigenvalue weighted by Crippen LogP contribution is -2.48. The van der Waals surface area contributed by atoms with Gasteiger partial charge in [0.15, 0.2) is 6.61 Å². The Balaban J connectivity index is 1.51. The highest BCUT2D eigenvalue weighted by Gasteiger charge is 2.26. The molecule has 0 bridgehead atoms. The van der Waals surface area contributed by atoms with Crippen molar-refractivity contribution in [3.8, 4) is 5.75 Å². The first-order chi connectivity index (χ1) is 14.0. The van der Waals surface area contributed by atoms with Crippen LogP contribution in [-0.4, -0.2) is 60.9 Å². The molecule has 0 aliphatic carbocycles. The summed E-state index contributed by atoms with van der Waals surface area (Å²) in [5.41, 5.74) is 3.48. The fourth-order valence-electron chi connectivity index (χ4n) is 3.92. The Morgan fingerprint density at radius 1 is 1.07 bits per heavy atom. The summed E-state index contributed by atoms with van der Waals surface area (Å²) in [6, 6.07) is 13.5. The fourth-order valence-corrected chi connectivity index (χ4v) is 3.92. The summed E-state index contributed by atoms with van der Waals surface area (Å²) in [5.74, 6) is 0.714. The van der Waals surface area contributed by atoms with Crippen molar-refractivity contribution in [1.82, 2.24) is 9.80 Å². The number of nitrogens with zero attached hydrogens (tertiary/aromatic N) is 3. The molecule has 2 aliphatic rings.